The third-order valence-corrected chi connectivity index (χ3v) is 5.15. The first-order valence-electron chi connectivity index (χ1n) is 9.96. The van der Waals surface area contributed by atoms with E-state index in [1.807, 2.05) is 60.7 Å². The molecule has 0 saturated carbocycles. The van der Waals surface area contributed by atoms with E-state index in [-0.39, 0.29) is 17.9 Å². The van der Waals surface area contributed by atoms with Crippen LogP contribution in [0.2, 0.25) is 5.02 Å². The predicted molar refractivity (Wildman–Crippen MR) is 126 cm³/mol. The Balaban J connectivity index is 1.59. The molecule has 0 aliphatic carbocycles. The highest BCUT2D eigenvalue weighted by Crippen LogP contribution is 2.28. The molecule has 0 saturated heterocycles. The quantitative estimate of drug-likeness (QED) is 0.188. The summed E-state index contributed by atoms with van der Waals surface area (Å²) in [4.78, 5) is 24.9. The Kier molecular flexibility index (Phi) is 6.58. The first-order valence-corrected chi connectivity index (χ1v) is 10.3. The number of nitrogens with zero attached hydrogens (tertiary/aromatic N) is 1. The third kappa shape index (κ3) is 5.02. The van der Waals surface area contributed by atoms with Gasteiger partial charge in [0.05, 0.1) is 23.2 Å². The number of carbonyl (C=O) groups is 2. The minimum Gasteiger partial charge on any atom is -0.422 e. The molecule has 0 spiro atoms. The van der Waals surface area contributed by atoms with Crippen molar-refractivity contribution in [2.45, 2.75) is 6.42 Å². The Hall–Kier alpha value is -3.96. The summed E-state index contributed by atoms with van der Waals surface area (Å²) in [6, 6.07) is 27.3. The van der Waals surface area contributed by atoms with E-state index in [1.54, 1.807) is 30.3 Å². The molecule has 4 rings (SSSR count). The molecule has 1 amide bonds. The van der Waals surface area contributed by atoms with Crippen LogP contribution in [0.25, 0.3) is 10.8 Å². The van der Waals surface area contributed by atoms with E-state index in [4.69, 9.17) is 16.3 Å². The summed E-state index contributed by atoms with van der Waals surface area (Å²) >= 11 is 6.13. The average molecular weight is 443 g/mol. The molecule has 4 aromatic rings. The van der Waals surface area contributed by atoms with Gasteiger partial charge < -0.3 is 4.74 Å². The molecule has 0 aliphatic heterocycles. The van der Waals surface area contributed by atoms with Gasteiger partial charge in [0.25, 0.3) is 0 Å². The fourth-order valence-corrected chi connectivity index (χ4v) is 3.48. The van der Waals surface area contributed by atoms with Crippen molar-refractivity contribution in [1.29, 1.82) is 0 Å². The third-order valence-electron chi connectivity index (χ3n) is 4.82. The molecule has 5 nitrogen and oxygen atoms in total. The van der Waals surface area contributed by atoms with Crippen LogP contribution in [-0.2, 0) is 11.2 Å². The molecule has 0 aliphatic rings. The monoisotopic (exact) mass is 442 g/mol. The highest BCUT2D eigenvalue weighted by atomic mass is 35.5. The lowest BCUT2D eigenvalue weighted by atomic mass is 10.0. The van der Waals surface area contributed by atoms with Crippen molar-refractivity contribution in [2.24, 2.45) is 5.10 Å². The number of ether oxygens (including phenoxy) is 1. The van der Waals surface area contributed by atoms with Gasteiger partial charge in [0.2, 0.25) is 5.91 Å². The lowest BCUT2D eigenvalue weighted by molar-refractivity contribution is -0.120. The van der Waals surface area contributed by atoms with Crippen molar-refractivity contribution in [3.8, 4) is 5.75 Å². The van der Waals surface area contributed by atoms with Crippen LogP contribution in [0, 0.1) is 0 Å². The number of rotatable bonds is 6. The first-order chi connectivity index (χ1) is 15.6. The number of fused-ring (bicyclic) bond motifs is 1. The van der Waals surface area contributed by atoms with Crippen LogP contribution in [-0.4, -0.2) is 18.1 Å². The summed E-state index contributed by atoms with van der Waals surface area (Å²) in [6.45, 7) is 0. The largest absolute Gasteiger partial charge is 0.422 e. The van der Waals surface area contributed by atoms with Crippen LogP contribution in [0.4, 0.5) is 0 Å². The van der Waals surface area contributed by atoms with Crippen molar-refractivity contribution in [3.63, 3.8) is 0 Å². The summed E-state index contributed by atoms with van der Waals surface area (Å²) in [5.41, 5.74) is 4.26. The molecule has 158 valence electrons. The molecule has 0 radical (unpaired) electrons. The molecule has 0 bridgehead atoms. The molecule has 0 fully saturated rings. The summed E-state index contributed by atoms with van der Waals surface area (Å²) in [7, 11) is 0. The lowest BCUT2D eigenvalue weighted by Gasteiger charge is -2.11. The van der Waals surface area contributed by atoms with Crippen LogP contribution in [0.5, 0.6) is 5.75 Å². The highest BCUT2D eigenvalue weighted by molar-refractivity contribution is 6.33. The van der Waals surface area contributed by atoms with Gasteiger partial charge in [-0.3, -0.25) is 4.79 Å². The van der Waals surface area contributed by atoms with Crippen molar-refractivity contribution >= 4 is 40.5 Å². The fourth-order valence-electron chi connectivity index (χ4n) is 3.27. The van der Waals surface area contributed by atoms with Crippen LogP contribution in [0.1, 0.15) is 21.5 Å². The average Bonchev–Trinajstić information content (AvgIpc) is 2.81. The van der Waals surface area contributed by atoms with E-state index in [2.05, 4.69) is 10.5 Å². The maximum atomic E-state index is 12.7. The van der Waals surface area contributed by atoms with Crippen molar-refractivity contribution < 1.29 is 14.3 Å². The minimum absolute atomic E-state index is 0.210. The van der Waals surface area contributed by atoms with Gasteiger partial charge >= 0.3 is 5.97 Å². The van der Waals surface area contributed by atoms with Gasteiger partial charge in [-0.05, 0) is 34.5 Å². The van der Waals surface area contributed by atoms with Crippen LogP contribution in [0.15, 0.2) is 96.1 Å². The number of halogens is 1. The van der Waals surface area contributed by atoms with Crippen molar-refractivity contribution in [2.75, 3.05) is 0 Å². The van der Waals surface area contributed by atoms with Crippen LogP contribution in [0.3, 0.4) is 0 Å². The minimum atomic E-state index is -0.575. The number of hydrogen-bond acceptors (Lipinski definition) is 4. The fraction of sp³-hybridized carbons (Fsp3) is 0.0385. The Morgan fingerprint density at radius 2 is 1.59 bits per heavy atom. The molecular weight excluding hydrogens is 424 g/mol. The Morgan fingerprint density at radius 3 is 2.41 bits per heavy atom. The van der Waals surface area contributed by atoms with E-state index >= 15 is 0 Å². The zero-order chi connectivity index (χ0) is 22.3. The summed E-state index contributed by atoms with van der Waals surface area (Å²) in [5.74, 6) is -0.509. The van der Waals surface area contributed by atoms with E-state index in [0.717, 1.165) is 16.3 Å². The predicted octanol–water partition coefficient (Wildman–Crippen LogP) is 5.41. The number of benzene rings is 4. The standard InChI is InChI=1S/C26H19ClN2O3/c27-23-13-7-6-12-21(23)26(31)32-24-15-14-19-10-4-5-11-20(19)22(24)17-28-29-25(30)16-18-8-2-1-3-9-18/h1-15,17H,16H2,(H,29,30)/b28-17-. The molecule has 1 N–H and O–H groups in total. The Bertz CT molecular complexity index is 1300. The molecule has 0 atom stereocenters. The second-order valence-electron chi connectivity index (χ2n) is 7.02. The molecule has 32 heavy (non-hydrogen) atoms. The lowest BCUT2D eigenvalue weighted by Crippen LogP contribution is -2.19. The van der Waals surface area contributed by atoms with Crippen molar-refractivity contribution in [1.82, 2.24) is 5.43 Å². The maximum absolute atomic E-state index is 12.7. The zero-order valence-electron chi connectivity index (χ0n) is 17.0. The van der Waals surface area contributed by atoms with E-state index in [1.165, 1.54) is 6.21 Å². The number of nitrogens with one attached hydrogen (secondary N) is 1. The molecule has 6 heteroatoms. The molecule has 4 aromatic carbocycles. The van der Waals surface area contributed by atoms with Gasteiger partial charge in [0, 0.05) is 5.56 Å². The maximum Gasteiger partial charge on any atom is 0.345 e. The number of esters is 1. The number of hydrazone groups is 1. The molecule has 0 heterocycles. The van der Waals surface area contributed by atoms with Gasteiger partial charge in [-0.1, -0.05) is 84.4 Å². The number of amides is 1. The van der Waals surface area contributed by atoms with Crippen LogP contribution >= 0.6 is 11.6 Å². The van der Waals surface area contributed by atoms with E-state index in [9.17, 15) is 9.59 Å². The molecule has 0 aromatic heterocycles. The topological polar surface area (TPSA) is 67.8 Å². The second-order valence-corrected chi connectivity index (χ2v) is 7.43. The molecular formula is C26H19ClN2O3. The Morgan fingerprint density at radius 1 is 0.875 bits per heavy atom. The van der Waals surface area contributed by atoms with E-state index < -0.39 is 5.97 Å². The smallest absolute Gasteiger partial charge is 0.345 e. The van der Waals surface area contributed by atoms with Gasteiger partial charge in [0.15, 0.2) is 0 Å². The van der Waals surface area contributed by atoms with Crippen molar-refractivity contribution in [3.05, 3.63) is 113 Å². The Labute approximate surface area is 190 Å². The van der Waals surface area contributed by atoms with Gasteiger partial charge in [-0.25, -0.2) is 10.2 Å². The highest BCUT2D eigenvalue weighted by Gasteiger charge is 2.15. The summed E-state index contributed by atoms with van der Waals surface area (Å²) in [5, 5.41) is 6.19. The van der Waals surface area contributed by atoms with Crippen LogP contribution < -0.4 is 10.2 Å². The zero-order valence-corrected chi connectivity index (χ0v) is 17.8. The summed E-state index contributed by atoms with van der Waals surface area (Å²) < 4.78 is 5.65. The number of hydrogen-bond donors (Lipinski definition) is 1. The SMILES string of the molecule is O=C(Cc1ccccc1)N/N=C\c1c(OC(=O)c2ccccc2Cl)ccc2ccccc12. The van der Waals surface area contributed by atoms with E-state index in [0.29, 0.717) is 16.3 Å². The van der Waals surface area contributed by atoms with Gasteiger partial charge in [-0.2, -0.15) is 5.10 Å². The van der Waals surface area contributed by atoms with Gasteiger partial charge in [-0.15, -0.1) is 0 Å². The molecule has 0 unspecified atom stereocenters. The van der Waals surface area contributed by atoms with Gasteiger partial charge in [0.1, 0.15) is 5.75 Å². The normalized spacial score (nSPS) is 10.9. The first kappa shape index (κ1) is 21.3. The second kappa shape index (κ2) is 9.90. The summed E-state index contributed by atoms with van der Waals surface area (Å²) in [6.07, 6.45) is 1.70. The number of carbonyl (C=O) groups excluding carboxylic acids is 2.